The van der Waals surface area contributed by atoms with Crippen LogP contribution in [0.5, 0.6) is 0 Å². The first-order chi connectivity index (χ1) is 12.8. The third kappa shape index (κ3) is 4.91. The van der Waals surface area contributed by atoms with Gasteiger partial charge in [-0.2, -0.15) is 4.31 Å². The number of piperazine rings is 1. The van der Waals surface area contributed by atoms with Crippen LogP contribution >= 0.6 is 0 Å². The van der Waals surface area contributed by atoms with E-state index in [2.05, 4.69) is 20.8 Å². The van der Waals surface area contributed by atoms with Gasteiger partial charge in [-0.25, -0.2) is 8.42 Å². The molecule has 1 saturated heterocycles. The van der Waals surface area contributed by atoms with Gasteiger partial charge in [-0.3, -0.25) is 9.59 Å². The van der Waals surface area contributed by atoms with Crippen LogP contribution < -0.4 is 0 Å². The van der Waals surface area contributed by atoms with Crippen molar-refractivity contribution >= 4 is 21.9 Å². The van der Waals surface area contributed by atoms with Crippen LogP contribution in [0, 0.1) is 13.8 Å². The van der Waals surface area contributed by atoms with E-state index in [4.69, 9.17) is 4.74 Å². The zero-order chi connectivity index (χ0) is 21.3. The van der Waals surface area contributed by atoms with Crippen LogP contribution in [0.3, 0.4) is 0 Å². The zero-order valence-corrected chi connectivity index (χ0v) is 18.4. The van der Waals surface area contributed by atoms with Crippen molar-refractivity contribution in [2.24, 2.45) is 0 Å². The fraction of sp³-hybridized carbons (Fsp3) is 0.600. The Hall–Kier alpha value is -1.93. The molecule has 0 aliphatic carbocycles. The summed E-state index contributed by atoms with van der Waals surface area (Å²) in [6.07, 6.45) is 0. The van der Waals surface area contributed by atoms with Gasteiger partial charge >= 0.3 is 5.97 Å². The van der Waals surface area contributed by atoms with Crippen molar-refractivity contribution in [1.29, 1.82) is 0 Å². The van der Waals surface area contributed by atoms with Gasteiger partial charge in [-0.1, -0.05) is 32.9 Å². The highest BCUT2D eigenvalue weighted by Gasteiger charge is 2.32. The number of sulfonamides is 1. The fourth-order valence-electron chi connectivity index (χ4n) is 3.35. The van der Waals surface area contributed by atoms with Crippen molar-refractivity contribution in [3.63, 3.8) is 0 Å². The monoisotopic (exact) mass is 410 g/mol. The van der Waals surface area contributed by atoms with Crippen LogP contribution in [-0.4, -0.2) is 62.3 Å². The van der Waals surface area contributed by atoms with Gasteiger partial charge in [0, 0.05) is 33.1 Å². The number of ether oxygens (including phenoxy) is 1. The van der Waals surface area contributed by atoms with Crippen LogP contribution in [0.2, 0.25) is 0 Å². The number of esters is 1. The van der Waals surface area contributed by atoms with Crippen molar-refractivity contribution in [3.8, 4) is 0 Å². The van der Waals surface area contributed by atoms with Crippen molar-refractivity contribution in [3.05, 3.63) is 28.8 Å². The Balaban J connectivity index is 2.17. The highest BCUT2D eigenvalue weighted by Crippen LogP contribution is 2.31. The number of rotatable bonds is 4. The van der Waals surface area contributed by atoms with Gasteiger partial charge in [0.05, 0.1) is 4.90 Å². The summed E-state index contributed by atoms with van der Waals surface area (Å²) in [7, 11) is -3.65. The molecule has 156 valence electrons. The number of hydrogen-bond acceptors (Lipinski definition) is 5. The number of hydrogen-bond donors (Lipinski definition) is 0. The number of carbonyl (C=O) groups excluding carboxylic acids is 2. The van der Waals surface area contributed by atoms with Gasteiger partial charge in [0.25, 0.3) is 5.91 Å². The lowest BCUT2D eigenvalue weighted by Crippen LogP contribution is -2.51. The quantitative estimate of drug-likeness (QED) is 0.709. The van der Waals surface area contributed by atoms with E-state index < -0.39 is 16.0 Å². The van der Waals surface area contributed by atoms with Crippen LogP contribution in [0.25, 0.3) is 0 Å². The molecule has 2 rings (SSSR count). The van der Waals surface area contributed by atoms with E-state index in [1.807, 2.05) is 26.0 Å². The molecule has 0 aromatic heterocycles. The highest BCUT2D eigenvalue weighted by molar-refractivity contribution is 7.89. The van der Waals surface area contributed by atoms with E-state index in [0.29, 0.717) is 4.90 Å². The molecule has 1 aromatic rings. The summed E-state index contributed by atoms with van der Waals surface area (Å²) in [4.78, 5) is 24.8. The molecule has 0 saturated carbocycles. The number of amides is 1. The molecule has 0 radical (unpaired) electrons. The average Bonchev–Trinajstić information content (AvgIpc) is 2.58. The molecule has 0 N–H and O–H groups in total. The molecule has 0 atom stereocenters. The minimum Gasteiger partial charge on any atom is -0.456 e. The van der Waals surface area contributed by atoms with E-state index in [9.17, 15) is 18.0 Å². The Bertz CT molecular complexity index is 840. The van der Waals surface area contributed by atoms with Crippen molar-refractivity contribution in [2.75, 3.05) is 32.8 Å². The van der Waals surface area contributed by atoms with Crippen LogP contribution in [-0.2, 0) is 29.8 Å². The van der Waals surface area contributed by atoms with Gasteiger partial charge in [-0.15, -0.1) is 0 Å². The molecule has 1 amide bonds. The van der Waals surface area contributed by atoms with E-state index in [-0.39, 0.29) is 44.1 Å². The van der Waals surface area contributed by atoms with Crippen LogP contribution in [0.4, 0.5) is 0 Å². The first-order valence-corrected chi connectivity index (χ1v) is 10.8. The smallest absolute Gasteiger partial charge is 0.303 e. The molecular formula is C20H30N2O5S. The number of nitrogens with zero attached hydrogens (tertiary/aromatic N) is 2. The number of benzene rings is 1. The Labute approximate surface area is 167 Å². The second-order valence-electron chi connectivity index (χ2n) is 8.25. The van der Waals surface area contributed by atoms with Crippen molar-refractivity contribution in [2.45, 2.75) is 51.9 Å². The predicted octanol–water partition coefficient (Wildman–Crippen LogP) is 2.00. The second kappa shape index (κ2) is 8.21. The third-order valence-corrected chi connectivity index (χ3v) is 7.12. The molecule has 1 fully saturated rings. The van der Waals surface area contributed by atoms with Crippen LogP contribution in [0.1, 0.15) is 44.4 Å². The van der Waals surface area contributed by atoms with Gasteiger partial charge in [0.2, 0.25) is 10.0 Å². The molecule has 8 heteroatoms. The predicted molar refractivity (Wildman–Crippen MR) is 107 cm³/mol. The largest absolute Gasteiger partial charge is 0.456 e. The molecule has 7 nitrogen and oxygen atoms in total. The molecule has 28 heavy (non-hydrogen) atoms. The molecule has 1 aromatic carbocycles. The Kier molecular flexibility index (Phi) is 6.55. The first kappa shape index (κ1) is 22.4. The topological polar surface area (TPSA) is 84.0 Å². The summed E-state index contributed by atoms with van der Waals surface area (Å²) in [6.45, 7) is 11.9. The Morgan fingerprint density at radius 2 is 1.54 bits per heavy atom. The SMILES string of the molecule is CC(=O)OCC(=O)N1CCN(S(=O)(=O)c2c(C)cc(C(C)(C)C)cc2C)CC1. The summed E-state index contributed by atoms with van der Waals surface area (Å²) >= 11 is 0. The lowest BCUT2D eigenvalue weighted by atomic mass is 9.85. The molecule has 0 bridgehead atoms. The number of aryl methyl sites for hydroxylation is 2. The standard InChI is InChI=1S/C20H30N2O5S/c1-14-11-17(20(4,5)6)12-15(2)19(14)28(25,26)22-9-7-21(8-10-22)18(24)13-27-16(3)23/h11-12H,7-10,13H2,1-6H3. The Morgan fingerprint density at radius 1 is 1.04 bits per heavy atom. The highest BCUT2D eigenvalue weighted by atomic mass is 32.2. The van der Waals surface area contributed by atoms with Crippen molar-refractivity contribution in [1.82, 2.24) is 9.21 Å². The van der Waals surface area contributed by atoms with E-state index >= 15 is 0 Å². The summed E-state index contributed by atoms with van der Waals surface area (Å²) < 4.78 is 32.6. The summed E-state index contributed by atoms with van der Waals surface area (Å²) in [5.74, 6) is -0.826. The molecular weight excluding hydrogens is 380 g/mol. The number of carbonyl (C=O) groups is 2. The Morgan fingerprint density at radius 3 is 1.96 bits per heavy atom. The van der Waals surface area contributed by atoms with Gasteiger partial charge in [0.1, 0.15) is 0 Å². The van der Waals surface area contributed by atoms with Crippen LogP contribution in [0.15, 0.2) is 17.0 Å². The minimum atomic E-state index is -3.65. The van der Waals surface area contributed by atoms with E-state index in [1.54, 1.807) is 0 Å². The summed E-state index contributed by atoms with van der Waals surface area (Å²) in [5, 5.41) is 0. The van der Waals surface area contributed by atoms with E-state index in [1.165, 1.54) is 16.1 Å². The van der Waals surface area contributed by atoms with Gasteiger partial charge in [-0.05, 0) is 36.0 Å². The second-order valence-corrected chi connectivity index (χ2v) is 10.1. The lowest BCUT2D eigenvalue weighted by Gasteiger charge is -2.34. The first-order valence-electron chi connectivity index (χ1n) is 9.37. The fourth-order valence-corrected chi connectivity index (χ4v) is 5.19. The molecule has 1 aliphatic rings. The maximum Gasteiger partial charge on any atom is 0.303 e. The maximum absolute atomic E-state index is 13.2. The normalized spacial score (nSPS) is 16.1. The van der Waals surface area contributed by atoms with Gasteiger partial charge in [0.15, 0.2) is 6.61 Å². The third-order valence-electron chi connectivity index (χ3n) is 4.91. The zero-order valence-electron chi connectivity index (χ0n) is 17.5. The van der Waals surface area contributed by atoms with Crippen molar-refractivity contribution < 1.29 is 22.7 Å². The molecule has 0 spiro atoms. The van der Waals surface area contributed by atoms with Gasteiger partial charge < -0.3 is 9.64 Å². The average molecular weight is 411 g/mol. The minimum absolute atomic E-state index is 0.0637. The molecule has 0 unspecified atom stereocenters. The maximum atomic E-state index is 13.2. The molecule has 1 heterocycles. The summed E-state index contributed by atoms with van der Waals surface area (Å²) in [6, 6.07) is 3.89. The summed E-state index contributed by atoms with van der Waals surface area (Å²) in [5.41, 5.74) is 2.50. The van der Waals surface area contributed by atoms with E-state index in [0.717, 1.165) is 16.7 Å². The lowest BCUT2D eigenvalue weighted by molar-refractivity contribution is -0.150. The molecule has 1 aliphatic heterocycles.